The van der Waals surface area contributed by atoms with Crippen molar-refractivity contribution in [2.75, 3.05) is 33.8 Å². The maximum Gasteiger partial charge on any atom is 0.128 e. The van der Waals surface area contributed by atoms with E-state index in [1.165, 1.54) is 5.56 Å². The third-order valence-electron chi connectivity index (χ3n) is 3.70. The zero-order chi connectivity index (χ0) is 15.5. The van der Waals surface area contributed by atoms with Gasteiger partial charge in [-0.2, -0.15) is 0 Å². The average molecular weight is 292 g/mol. The normalized spacial score (nSPS) is 20.0. The summed E-state index contributed by atoms with van der Waals surface area (Å²) in [5.74, 6) is 1.82. The van der Waals surface area contributed by atoms with E-state index in [0.29, 0.717) is 12.6 Å². The van der Waals surface area contributed by atoms with Gasteiger partial charge in [-0.15, -0.1) is 0 Å². The maximum atomic E-state index is 6.13. The molecular weight excluding hydrogens is 264 g/mol. The summed E-state index contributed by atoms with van der Waals surface area (Å²) in [5, 5.41) is 3.55. The molecule has 0 spiro atoms. The van der Waals surface area contributed by atoms with E-state index >= 15 is 0 Å². The van der Waals surface area contributed by atoms with Crippen LogP contribution in [0.3, 0.4) is 0 Å². The Balaban J connectivity index is 2.14. The van der Waals surface area contributed by atoms with Crippen molar-refractivity contribution in [1.82, 2.24) is 10.2 Å². The van der Waals surface area contributed by atoms with Gasteiger partial charge in [0, 0.05) is 30.6 Å². The zero-order valence-corrected chi connectivity index (χ0v) is 13.9. The van der Waals surface area contributed by atoms with Crippen LogP contribution in [0.2, 0.25) is 0 Å². The second-order valence-electron chi connectivity index (χ2n) is 6.53. The van der Waals surface area contributed by atoms with Crippen LogP contribution < -0.4 is 14.8 Å². The molecule has 0 saturated carbocycles. The molecule has 0 bridgehead atoms. The Morgan fingerprint density at radius 1 is 1.38 bits per heavy atom. The number of benzene rings is 1. The van der Waals surface area contributed by atoms with Crippen LogP contribution in [0.1, 0.15) is 38.8 Å². The summed E-state index contributed by atoms with van der Waals surface area (Å²) in [4.78, 5) is 2.11. The summed E-state index contributed by atoms with van der Waals surface area (Å²) in [6, 6.07) is 6.55. The predicted molar refractivity (Wildman–Crippen MR) is 86.2 cm³/mol. The van der Waals surface area contributed by atoms with Crippen LogP contribution >= 0.6 is 0 Å². The van der Waals surface area contributed by atoms with Gasteiger partial charge in [0.1, 0.15) is 23.7 Å². The van der Waals surface area contributed by atoms with Crippen LogP contribution in [0.15, 0.2) is 18.2 Å². The molecule has 0 amide bonds. The second kappa shape index (κ2) is 6.67. The molecular formula is C17H28N2O2. The van der Waals surface area contributed by atoms with Gasteiger partial charge in [0.15, 0.2) is 0 Å². The lowest BCUT2D eigenvalue weighted by Crippen LogP contribution is -2.39. The standard InChI is InChI=1S/C17H28N2O2/c1-6-18-15-12-17(2,3)21-16-11-13(7-8-14(15)16)20-10-9-19(4)5/h7-8,11,15,18H,6,9-10,12H2,1-5H3. The van der Waals surface area contributed by atoms with Crippen LogP contribution in [0.25, 0.3) is 0 Å². The summed E-state index contributed by atoms with van der Waals surface area (Å²) < 4.78 is 11.9. The average Bonchev–Trinajstić information content (AvgIpc) is 2.37. The second-order valence-corrected chi connectivity index (χ2v) is 6.53. The Labute approximate surface area is 128 Å². The van der Waals surface area contributed by atoms with E-state index in [4.69, 9.17) is 9.47 Å². The Bertz CT molecular complexity index is 472. The molecule has 1 aliphatic heterocycles. The molecule has 21 heavy (non-hydrogen) atoms. The van der Waals surface area contributed by atoms with Gasteiger partial charge in [0.2, 0.25) is 0 Å². The number of ether oxygens (including phenoxy) is 2. The summed E-state index contributed by atoms with van der Waals surface area (Å²) in [6.07, 6.45) is 0.981. The van der Waals surface area contributed by atoms with Gasteiger partial charge in [-0.25, -0.2) is 0 Å². The zero-order valence-electron chi connectivity index (χ0n) is 13.9. The highest BCUT2D eigenvalue weighted by atomic mass is 16.5. The predicted octanol–water partition coefficient (Wildman–Crippen LogP) is 2.84. The van der Waals surface area contributed by atoms with Gasteiger partial charge < -0.3 is 19.7 Å². The van der Waals surface area contributed by atoms with E-state index in [9.17, 15) is 0 Å². The van der Waals surface area contributed by atoms with Gasteiger partial charge in [-0.05, 0) is 40.6 Å². The Morgan fingerprint density at radius 2 is 2.14 bits per heavy atom. The summed E-state index contributed by atoms with van der Waals surface area (Å²) >= 11 is 0. The van der Waals surface area contributed by atoms with Crippen LogP contribution in [0.5, 0.6) is 11.5 Å². The highest BCUT2D eigenvalue weighted by molar-refractivity contribution is 5.44. The first-order valence-electron chi connectivity index (χ1n) is 7.75. The van der Waals surface area contributed by atoms with Crippen molar-refractivity contribution in [2.24, 2.45) is 0 Å². The SMILES string of the molecule is CCNC1CC(C)(C)Oc2cc(OCCN(C)C)ccc21. The molecule has 1 N–H and O–H groups in total. The topological polar surface area (TPSA) is 33.7 Å². The summed E-state index contributed by atoms with van der Waals surface area (Å²) in [6.45, 7) is 8.97. The van der Waals surface area contributed by atoms with E-state index < -0.39 is 0 Å². The minimum atomic E-state index is -0.151. The van der Waals surface area contributed by atoms with E-state index in [0.717, 1.165) is 31.0 Å². The number of hydrogen-bond donors (Lipinski definition) is 1. The third-order valence-corrected chi connectivity index (χ3v) is 3.70. The first kappa shape index (κ1) is 16.1. The minimum absolute atomic E-state index is 0.151. The first-order chi connectivity index (χ1) is 9.91. The largest absolute Gasteiger partial charge is 0.492 e. The molecule has 118 valence electrons. The molecule has 0 fully saturated rings. The Hall–Kier alpha value is -1.26. The van der Waals surface area contributed by atoms with Gasteiger partial charge in [0.05, 0.1) is 0 Å². The number of nitrogens with zero attached hydrogens (tertiary/aromatic N) is 1. The number of hydrogen-bond acceptors (Lipinski definition) is 4. The summed E-state index contributed by atoms with van der Waals surface area (Å²) in [5.41, 5.74) is 1.08. The molecule has 4 heteroatoms. The van der Waals surface area contributed by atoms with Crippen molar-refractivity contribution in [3.63, 3.8) is 0 Å². The minimum Gasteiger partial charge on any atom is -0.492 e. The van der Waals surface area contributed by atoms with Crippen molar-refractivity contribution in [3.05, 3.63) is 23.8 Å². The number of nitrogens with one attached hydrogen (secondary N) is 1. The third kappa shape index (κ3) is 4.35. The smallest absolute Gasteiger partial charge is 0.128 e. The molecule has 1 heterocycles. The van der Waals surface area contributed by atoms with Gasteiger partial charge in [-0.1, -0.05) is 13.0 Å². The van der Waals surface area contributed by atoms with E-state index in [1.54, 1.807) is 0 Å². The van der Waals surface area contributed by atoms with E-state index in [1.807, 2.05) is 26.2 Å². The van der Waals surface area contributed by atoms with Gasteiger partial charge in [-0.3, -0.25) is 0 Å². The molecule has 0 aliphatic carbocycles. The van der Waals surface area contributed by atoms with Crippen molar-refractivity contribution in [1.29, 1.82) is 0 Å². The van der Waals surface area contributed by atoms with E-state index in [2.05, 4.69) is 37.1 Å². The van der Waals surface area contributed by atoms with Crippen LogP contribution in [-0.2, 0) is 0 Å². The molecule has 2 rings (SSSR count). The van der Waals surface area contributed by atoms with Crippen molar-refractivity contribution in [3.8, 4) is 11.5 Å². The number of fused-ring (bicyclic) bond motifs is 1. The number of likely N-dealkylation sites (N-methyl/N-ethyl adjacent to an activating group) is 1. The maximum absolute atomic E-state index is 6.13. The fourth-order valence-electron chi connectivity index (χ4n) is 2.70. The molecule has 4 nitrogen and oxygen atoms in total. The lowest BCUT2D eigenvalue weighted by atomic mass is 9.89. The van der Waals surface area contributed by atoms with Crippen molar-refractivity contribution >= 4 is 0 Å². The summed E-state index contributed by atoms with van der Waals surface area (Å²) in [7, 11) is 4.09. The Kier molecular flexibility index (Phi) is 5.12. The quantitative estimate of drug-likeness (QED) is 0.874. The van der Waals surface area contributed by atoms with Crippen molar-refractivity contribution in [2.45, 2.75) is 38.8 Å². The van der Waals surface area contributed by atoms with E-state index in [-0.39, 0.29) is 5.60 Å². The molecule has 0 radical (unpaired) electrons. The highest BCUT2D eigenvalue weighted by Gasteiger charge is 2.33. The molecule has 1 unspecified atom stereocenters. The molecule has 0 aromatic heterocycles. The lowest BCUT2D eigenvalue weighted by molar-refractivity contribution is 0.0660. The molecule has 1 aromatic rings. The van der Waals surface area contributed by atoms with Crippen LogP contribution in [0.4, 0.5) is 0 Å². The Morgan fingerprint density at radius 3 is 2.81 bits per heavy atom. The number of rotatable bonds is 6. The lowest BCUT2D eigenvalue weighted by Gasteiger charge is -2.38. The monoisotopic (exact) mass is 292 g/mol. The van der Waals surface area contributed by atoms with Gasteiger partial charge in [0.25, 0.3) is 0 Å². The first-order valence-corrected chi connectivity index (χ1v) is 7.75. The molecule has 1 aliphatic rings. The van der Waals surface area contributed by atoms with Gasteiger partial charge >= 0.3 is 0 Å². The van der Waals surface area contributed by atoms with Crippen molar-refractivity contribution < 1.29 is 9.47 Å². The fraction of sp³-hybridized carbons (Fsp3) is 0.647. The molecule has 0 saturated heterocycles. The molecule has 1 aromatic carbocycles. The molecule has 1 atom stereocenters. The van der Waals surface area contributed by atoms with Crippen LogP contribution in [-0.4, -0.2) is 44.3 Å². The highest BCUT2D eigenvalue weighted by Crippen LogP contribution is 2.41. The fourth-order valence-corrected chi connectivity index (χ4v) is 2.70. The van der Waals surface area contributed by atoms with Crippen LogP contribution in [0, 0.1) is 0 Å².